The highest BCUT2D eigenvalue weighted by molar-refractivity contribution is 8.00. The molecule has 0 fully saturated rings. The lowest BCUT2D eigenvalue weighted by atomic mass is 9.89. The van der Waals surface area contributed by atoms with Crippen LogP contribution in [0.1, 0.15) is 41.1 Å². The first-order valence-corrected chi connectivity index (χ1v) is 11.4. The fourth-order valence-electron chi connectivity index (χ4n) is 3.85. The summed E-state index contributed by atoms with van der Waals surface area (Å²) in [6, 6.07) is 0. The van der Waals surface area contributed by atoms with Gasteiger partial charge in [0.2, 0.25) is 0 Å². The van der Waals surface area contributed by atoms with Crippen LogP contribution in [0.15, 0.2) is 20.9 Å². The van der Waals surface area contributed by atoms with Crippen LogP contribution < -0.4 is 17.0 Å². The number of Topliss-reactive ketones (excluding diaryl/α,β-unsaturated/α-hetero) is 1. The van der Waals surface area contributed by atoms with E-state index in [4.69, 9.17) is 5.73 Å². The molecular formula is C20H23N5O3S2. The van der Waals surface area contributed by atoms with Crippen LogP contribution in [-0.2, 0) is 26.9 Å². The molecule has 0 spiro atoms. The number of aryl methyl sites for hydroxylation is 1. The van der Waals surface area contributed by atoms with Gasteiger partial charge < -0.3 is 5.73 Å². The van der Waals surface area contributed by atoms with Crippen molar-refractivity contribution in [1.29, 1.82) is 0 Å². The van der Waals surface area contributed by atoms with E-state index in [9.17, 15) is 14.4 Å². The maximum absolute atomic E-state index is 13.1. The predicted molar refractivity (Wildman–Crippen MR) is 120 cm³/mol. The molecule has 2 atom stereocenters. The lowest BCUT2D eigenvalue weighted by molar-refractivity contribution is 0.0992. The maximum Gasteiger partial charge on any atom is 0.332 e. The molecule has 2 unspecified atom stereocenters. The average Bonchev–Trinajstić information content (AvgIpc) is 3.09. The van der Waals surface area contributed by atoms with Crippen molar-refractivity contribution in [2.24, 2.45) is 20.0 Å². The lowest BCUT2D eigenvalue weighted by Crippen LogP contribution is -2.42. The fourth-order valence-corrected chi connectivity index (χ4v) is 6.27. The maximum atomic E-state index is 13.1. The Morgan fingerprint density at radius 1 is 1.30 bits per heavy atom. The van der Waals surface area contributed by atoms with Crippen LogP contribution in [0.25, 0.3) is 10.2 Å². The second kappa shape index (κ2) is 7.66. The fraction of sp³-hybridized carbons (Fsp3) is 0.450. The third-order valence-electron chi connectivity index (χ3n) is 5.67. The van der Waals surface area contributed by atoms with Gasteiger partial charge in [-0.2, -0.15) is 0 Å². The highest BCUT2D eigenvalue weighted by atomic mass is 32.2. The van der Waals surface area contributed by atoms with Gasteiger partial charge in [0, 0.05) is 24.4 Å². The van der Waals surface area contributed by atoms with Crippen LogP contribution >= 0.6 is 23.1 Å². The molecule has 0 aliphatic heterocycles. The first-order valence-electron chi connectivity index (χ1n) is 9.72. The van der Waals surface area contributed by atoms with E-state index >= 15 is 0 Å². The van der Waals surface area contributed by atoms with Gasteiger partial charge in [-0.25, -0.2) is 14.8 Å². The molecule has 0 bridgehead atoms. The minimum absolute atomic E-state index is 0.115. The first-order chi connectivity index (χ1) is 14.2. The summed E-state index contributed by atoms with van der Waals surface area (Å²) in [4.78, 5) is 48.9. The van der Waals surface area contributed by atoms with Gasteiger partial charge in [-0.15, -0.1) is 11.3 Å². The number of hydrogen-bond donors (Lipinski definition) is 1. The SMILES string of the molecule is CC1CCc2c(sc3ncnc(SC(C)C(=O)c4c(N)n(C)c(=O)n(C)c4=O)c23)C1. The number of hydrogen-bond acceptors (Lipinski definition) is 8. The number of aromatic nitrogens is 4. The number of fused-ring (bicyclic) bond motifs is 3. The summed E-state index contributed by atoms with van der Waals surface area (Å²) in [6.07, 6.45) is 4.66. The van der Waals surface area contributed by atoms with Crippen molar-refractivity contribution in [3.05, 3.63) is 43.2 Å². The molecule has 0 saturated heterocycles. The molecular weight excluding hydrogens is 422 g/mol. The zero-order valence-corrected chi connectivity index (χ0v) is 18.9. The van der Waals surface area contributed by atoms with E-state index in [0.717, 1.165) is 43.6 Å². The number of carbonyl (C=O) groups excluding carboxylic acids is 1. The number of anilines is 1. The van der Waals surface area contributed by atoms with Crippen LogP contribution in [0.2, 0.25) is 0 Å². The third-order valence-corrected chi connectivity index (χ3v) is 7.93. The van der Waals surface area contributed by atoms with E-state index < -0.39 is 22.3 Å². The number of carbonyl (C=O) groups is 1. The number of nitrogens with two attached hydrogens (primary N) is 1. The van der Waals surface area contributed by atoms with Crippen molar-refractivity contribution >= 4 is 44.9 Å². The van der Waals surface area contributed by atoms with Gasteiger partial charge in [-0.05, 0) is 37.7 Å². The molecule has 0 radical (unpaired) electrons. The van der Waals surface area contributed by atoms with Crippen molar-refractivity contribution in [1.82, 2.24) is 19.1 Å². The molecule has 1 aliphatic rings. The van der Waals surface area contributed by atoms with Crippen molar-refractivity contribution < 1.29 is 4.79 Å². The van der Waals surface area contributed by atoms with Gasteiger partial charge in [-0.3, -0.25) is 18.7 Å². The van der Waals surface area contributed by atoms with E-state index in [1.807, 2.05) is 0 Å². The number of ketones is 1. The lowest BCUT2D eigenvalue weighted by Gasteiger charge is -2.18. The Labute approximate surface area is 181 Å². The zero-order chi connectivity index (χ0) is 21.7. The quantitative estimate of drug-likeness (QED) is 0.372. The molecule has 158 valence electrons. The number of thioether (sulfide) groups is 1. The van der Waals surface area contributed by atoms with Crippen LogP contribution in [0, 0.1) is 5.92 Å². The summed E-state index contributed by atoms with van der Waals surface area (Å²) in [5.74, 6) is 0.118. The standard InChI is InChI=1S/C20H23N5O3S2/c1-9-5-6-11-12(7-9)30-18-13(11)17(22-8-23-18)29-10(2)15(26)14-16(21)24(3)20(28)25(4)19(14)27/h8-10H,5-7,21H2,1-4H3. The van der Waals surface area contributed by atoms with Crippen molar-refractivity contribution in [3.63, 3.8) is 0 Å². The third kappa shape index (κ3) is 3.27. The van der Waals surface area contributed by atoms with Crippen LogP contribution in [0.5, 0.6) is 0 Å². The van der Waals surface area contributed by atoms with Gasteiger partial charge in [0.25, 0.3) is 5.56 Å². The summed E-state index contributed by atoms with van der Waals surface area (Å²) in [6.45, 7) is 3.99. The second-order valence-corrected chi connectivity index (χ2v) is 10.2. The molecule has 3 heterocycles. The Bertz CT molecular complexity index is 1290. The summed E-state index contributed by atoms with van der Waals surface area (Å²) < 4.78 is 2.02. The van der Waals surface area contributed by atoms with Crippen molar-refractivity contribution in [2.75, 3.05) is 5.73 Å². The Kier molecular flexibility index (Phi) is 5.31. The molecule has 3 aromatic heterocycles. The predicted octanol–water partition coefficient (Wildman–Crippen LogP) is 2.16. The Morgan fingerprint density at radius 3 is 2.77 bits per heavy atom. The number of rotatable bonds is 4. The van der Waals surface area contributed by atoms with Gasteiger partial charge in [-0.1, -0.05) is 18.7 Å². The highest BCUT2D eigenvalue weighted by Gasteiger charge is 2.28. The summed E-state index contributed by atoms with van der Waals surface area (Å²) in [5, 5.41) is 1.16. The monoisotopic (exact) mass is 445 g/mol. The van der Waals surface area contributed by atoms with Crippen molar-refractivity contribution in [2.45, 2.75) is 43.4 Å². The summed E-state index contributed by atoms with van der Waals surface area (Å²) >= 11 is 3.00. The molecule has 8 nitrogen and oxygen atoms in total. The first kappa shape index (κ1) is 20.8. The normalized spacial score (nSPS) is 17.1. The summed E-state index contributed by atoms with van der Waals surface area (Å²) in [7, 11) is 2.78. The van der Waals surface area contributed by atoms with E-state index in [2.05, 4.69) is 16.9 Å². The highest BCUT2D eigenvalue weighted by Crippen LogP contribution is 2.41. The van der Waals surface area contributed by atoms with Crippen LogP contribution in [0.4, 0.5) is 5.82 Å². The van der Waals surface area contributed by atoms with E-state index in [-0.39, 0.29) is 11.4 Å². The Balaban J connectivity index is 1.73. The minimum Gasteiger partial charge on any atom is -0.384 e. The molecule has 2 N–H and O–H groups in total. The molecule has 0 amide bonds. The molecule has 3 aromatic rings. The average molecular weight is 446 g/mol. The second-order valence-electron chi connectivity index (χ2n) is 7.80. The molecule has 0 saturated carbocycles. The van der Waals surface area contributed by atoms with E-state index in [1.54, 1.807) is 18.3 Å². The van der Waals surface area contributed by atoms with Gasteiger partial charge in [0.05, 0.1) is 5.25 Å². The topological polar surface area (TPSA) is 113 Å². The summed E-state index contributed by atoms with van der Waals surface area (Å²) in [5.41, 5.74) is 5.84. The van der Waals surface area contributed by atoms with Gasteiger partial charge >= 0.3 is 5.69 Å². The van der Waals surface area contributed by atoms with Crippen molar-refractivity contribution in [3.8, 4) is 0 Å². The molecule has 1 aliphatic carbocycles. The smallest absolute Gasteiger partial charge is 0.332 e. The molecule has 0 aromatic carbocycles. The molecule has 10 heteroatoms. The number of thiophene rings is 1. The van der Waals surface area contributed by atoms with Crippen LogP contribution in [0.3, 0.4) is 0 Å². The van der Waals surface area contributed by atoms with E-state index in [1.165, 1.54) is 42.6 Å². The molecule has 30 heavy (non-hydrogen) atoms. The number of nitrogens with zero attached hydrogens (tertiary/aromatic N) is 4. The number of nitrogen functional groups attached to an aromatic ring is 1. The Hall–Kier alpha value is -2.46. The molecule has 4 rings (SSSR count). The van der Waals surface area contributed by atoms with Gasteiger partial charge in [0.15, 0.2) is 5.78 Å². The van der Waals surface area contributed by atoms with Crippen LogP contribution in [-0.4, -0.2) is 30.1 Å². The minimum atomic E-state index is -0.678. The Morgan fingerprint density at radius 2 is 2.03 bits per heavy atom. The zero-order valence-electron chi connectivity index (χ0n) is 17.3. The van der Waals surface area contributed by atoms with E-state index in [0.29, 0.717) is 5.92 Å². The largest absolute Gasteiger partial charge is 0.384 e. The van der Waals surface area contributed by atoms with Gasteiger partial charge in [0.1, 0.15) is 27.6 Å².